The summed E-state index contributed by atoms with van der Waals surface area (Å²) in [5.41, 5.74) is 5.61. The van der Waals surface area contributed by atoms with Gasteiger partial charge in [0.15, 0.2) is 5.78 Å². The Kier molecular flexibility index (Phi) is 11.9. The first-order valence-corrected chi connectivity index (χ1v) is 15.9. The van der Waals surface area contributed by atoms with Crippen LogP contribution in [0.5, 0.6) is 11.5 Å². The van der Waals surface area contributed by atoms with E-state index in [1.54, 1.807) is 25.6 Å². The lowest BCUT2D eigenvalue weighted by Gasteiger charge is -2.10. The molecule has 0 bridgehead atoms. The molecule has 43 heavy (non-hydrogen) atoms. The van der Waals surface area contributed by atoms with Gasteiger partial charge in [-0.15, -0.1) is 0 Å². The van der Waals surface area contributed by atoms with Gasteiger partial charge in [-0.05, 0) is 85.5 Å². The van der Waals surface area contributed by atoms with E-state index in [1.807, 2.05) is 85.1 Å². The summed E-state index contributed by atoms with van der Waals surface area (Å²) < 4.78 is 31.8. The van der Waals surface area contributed by atoms with Crippen LogP contribution in [0.3, 0.4) is 0 Å². The van der Waals surface area contributed by atoms with E-state index in [9.17, 15) is 9.00 Å². The summed E-state index contributed by atoms with van der Waals surface area (Å²) in [5.74, 6) is 1.86. The Morgan fingerprint density at radius 1 is 0.953 bits per heavy atom. The monoisotopic (exact) mass is 600 g/mol. The van der Waals surface area contributed by atoms with E-state index in [0.29, 0.717) is 24.7 Å². The summed E-state index contributed by atoms with van der Waals surface area (Å²) in [7, 11) is 0.422. The molecule has 0 amide bonds. The van der Waals surface area contributed by atoms with Gasteiger partial charge in [-0.2, -0.15) is 0 Å². The fourth-order valence-electron chi connectivity index (χ4n) is 4.63. The summed E-state index contributed by atoms with van der Waals surface area (Å²) in [6.07, 6.45) is 6.41. The first-order chi connectivity index (χ1) is 20.9. The fourth-order valence-corrected chi connectivity index (χ4v) is 5.86. The third kappa shape index (κ3) is 8.99. The standard InChI is InChI=1S/C35H40N2O5S/c1-5-19-41-20-21-42-32-14-10-28(11-15-32)29-12-18-35(40-4)30(23-29)9-13-31(38)22-27-7-16-33(17-8-27)43(39)24-34-26(3)36-25-37(34)6-2/h7-18,23,25H,5-6,19-22,24H2,1-4H3/b13-9+. The van der Waals surface area contributed by atoms with Gasteiger partial charge < -0.3 is 18.8 Å². The predicted molar refractivity (Wildman–Crippen MR) is 172 cm³/mol. The lowest BCUT2D eigenvalue weighted by atomic mass is 10.0. The van der Waals surface area contributed by atoms with E-state index in [2.05, 4.69) is 11.9 Å². The molecule has 4 aromatic rings. The Balaban J connectivity index is 1.36. The van der Waals surface area contributed by atoms with Crippen LogP contribution in [0.2, 0.25) is 0 Å². The number of ether oxygens (including phenoxy) is 3. The number of aryl methyl sites for hydroxylation is 2. The number of hydrogen-bond donors (Lipinski definition) is 0. The van der Waals surface area contributed by atoms with Crippen LogP contribution in [0.4, 0.5) is 0 Å². The molecule has 0 aliphatic heterocycles. The molecular weight excluding hydrogens is 560 g/mol. The van der Waals surface area contributed by atoms with Gasteiger partial charge in [0, 0.05) is 30.0 Å². The normalized spacial score (nSPS) is 12.0. The third-order valence-electron chi connectivity index (χ3n) is 7.04. The van der Waals surface area contributed by atoms with Crippen molar-refractivity contribution in [3.63, 3.8) is 0 Å². The highest BCUT2D eigenvalue weighted by Gasteiger charge is 2.13. The van der Waals surface area contributed by atoms with Gasteiger partial charge in [-0.25, -0.2) is 4.98 Å². The number of carbonyl (C=O) groups excluding carboxylic acids is 1. The van der Waals surface area contributed by atoms with Crippen LogP contribution >= 0.6 is 0 Å². The van der Waals surface area contributed by atoms with Crippen molar-refractivity contribution in [2.75, 3.05) is 26.9 Å². The Morgan fingerprint density at radius 3 is 2.40 bits per heavy atom. The molecule has 0 aliphatic carbocycles. The molecule has 1 aromatic heterocycles. The van der Waals surface area contributed by atoms with Crippen LogP contribution < -0.4 is 9.47 Å². The Labute approximate surface area is 257 Å². The summed E-state index contributed by atoms with van der Waals surface area (Å²) in [6, 6.07) is 21.2. The van der Waals surface area contributed by atoms with Gasteiger partial charge in [0.25, 0.3) is 0 Å². The average Bonchev–Trinajstić information content (AvgIpc) is 3.38. The van der Waals surface area contributed by atoms with Gasteiger partial charge in [0.05, 0.1) is 48.0 Å². The van der Waals surface area contributed by atoms with Crippen molar-refractivity contribution in [1.29, 1.82) is 0 Å². The molecule has 0 saturated heterocycles. The third-order valence-corrected chi connectivity index (χ3v) is 8.37. The molecule has 3 aromatic carbocycles. The Morgan fingerprint density at radius 2 is 1.70 bits per heavy atom. The van der Waals surface area contributed by atoms with Gasteiger partial charge in [0.1, 0.15) is 18.1 Å². The number of methoxy groups -OCH3 is 1. The molecule has 1 heterocycles. The van der Waals surface area contributed by atoms with Crippen LogP contribution in [-0.2, 0) is 39.0 Å². The van der Waals surface area contributed by atoms with Crippen LogP contribution in [0.25, 0.3) is 17.2 Å². The summed E-state index contributed by atoms with van der Waals surface area (Å²) >= 11 is 0. The number of hydrogen-bond acceptors (Lipinski definition) is 6. The van der Waals surface area contributed by atoms with Crippen molar-refractivity contribution < 1.29 is 23.2 Å². The van der Waals surface area contributed by atoms with Gasteiger partial charge in [-0.1, -0.05) is 37.3 Å². The molecule has 4 rings (SSSR count). The maximum atomic E-state index is 13.0. The molecule has 0 spiro atoms. The van der Waals surface area contributed by atoms with Crippen molar-refractivity contribution in [1.82, 2.24) is 9.55 Å². The molecule has 1 atom stereocenters. The molecule has 0 radical (unpaired) electrons. The van der Waals surface area contributed by atoms with Crippen molar-refractivity contribution >= 4 is 22.7 Å². The molecule has 0 N–H and O–H groups in total. The maximum Gasteiger partial charge on any atom is 0.160 e. The van der Waals surface area contributed by atoms with E-state index in [1.165, 1.54) is 0 Å². The number of nitrogens with zero attached hydrogens (tertiary/aromatic N) is 2. The molecule has 1 unspecified atom stereocenters. The quantitative estimate of drug-likeness (QED) is 0.104. The van der Waals surface area contributed by atoms with E-state index in [-0.39, 0.29) is 12.2 Å². The minimum absolute atomic E-state index is 0.0341. The van der Waals surface area contributed by atoms with Gasteiger partial charge in [0.2, 0.25) is 0 Å². The second-order valence-electron chi connectivity index (χ2n) is 10.1. The minimum Gasteiger partial charge on any atom is -0.496 e. The number of imidazole rings is 1. The molecule has 0 saturated carbocycles. The summed E-state index contributed by atoms with van der Waals surface area (Å²) in [4.78, 5) is 17.9. The second kappa shape index (κ2) is 16.0. The lowest BCUT2D eigenvalue weighted by molar-refractivity contribution is -0.113. The Hall–Kier alpha value is -4.01. The minimum atomic E-state index is -1.20. The molecule has 7 nitrogen and oxygen atoms in total. The van der Waals surface area contributed by atoms with Crippen molar-refractivity contribution in [2.24, 2.45) is 0 Å². The highest BCUT2D eigenvalue weighted by atomic mass is 32.2. The van der Waals surface area contributed by atoms with Crippen molar-refractivity contribution in [3.05, 3.63) is 102 Å². The highest BCUT2D eigenvalue weighted by molar-refractivity contribution is 7.84. The number of rotatable bonds is 16. The van der Waals surface area contributed by atoms with E-state index >= 15 is 0 Å². The number of allylic oxidation sites excluding steroid dienone is 1. The molecule has 8 heteroatoms. The first-order valence-electron chi connectivity index (χ1n) is 14.6. The fraction of sp³-hybridized carbons (Fsp3) is 0.314. The first kappa shape index (κ1) is 31.9. The molecule has 0 fully saturated rings. The molecule has 226 valence electrons. The van der Waals surface area contributed by atoms with Crippen molar-refractivity contribution in [2.45, 2.75) is 50.8 Å². The van der Waals surface area contributed by atoms with E-state index in [0.717, 1.165) is 63.9 Å². The zero-order chi connectivity index (χ0) is 30.6. The zero-order valence-electron chi connectivity index (χ0n) is 25.4. The maximum absolute atomic E-state index is 13.0. The van der Waals surface area contributed by atoms with Crippen LogP contribution in [0, 0.1) is 6.92 Å². The Bertz CT molecular complexity index is 1540. The SMILES string of the molecule is CCCOCCOc1ccc(-c2ccc(OC)c(/C=C/C(=O)Cc3ccc(S(=O)Cc4c(C)ncn4CC)cc3)c2)cc1. The van der Waals surface area contributed by atoms with E-state index < -0.39 is 10.8 Å². The van der Waals surface area contributed by atoms with Crippen LogP contribution in [0.15, 0.2) is 84.0 Å². The zero-order valence-corrected chi connectivity index (χ0v) is 26.2. The van der Waals surface area contributed by atoms with Crippen molar-refractivity contribution in [3.8, 4) is 22.6 Å². The van der Waals surface area contributed by atoms with Crippen LogP contribution in [-0.4, -0.2) is 46.5 Å². The molecular formula is C35H40N2O5S. The second-order valence-corrected chi connectivity index (χ2v) is 11.6. The summed E-state index contributed by atoms with van der Waals surface area (Å²) in [5, 5.41) is 0. The average molecular weight is 601 g/mol. The summed E-state index contributed by atoms with van der Waals surface area (Å²) in [6.45, 7) is 8.68. The highest BCUT2D eigenvalue weighted by Crippen LogP contribution is 2.29. The lowest BCUT2D eigenvalue weighted by Crippen LogP contribution is -2.06. The van der Waals surface area contributed by atoms with Gasteiger partial charge >= 0.3 is 0 Å². The largest absolute Gasteiger partial charge is 0.496 e. The number of carbonyl (C=O) groups is 1. The topological polar surface area (TPSA) is 79.7 Å². The smallest absolute Gasteiger partial charge is 0.160 e. The predicted octanol–water partition coefficient (Wildman–Crippen LogP) is 6.83. The van der Waals surface area contributed by atoms with E-state index in [4.69, 9.17) is 14.2 Å². The number of benzene rings is 3. The molecule has 0 aliphatic rings. The van der Waals surface area contributed by atoms with Gasteiger partial charge in [-0.3, -0.25) is 9.00 Å². The number of ketones is 1. The van der Waals surface area contributed by atoms with Crippen LogP contribution in [0.1, 0.15) is 42.8 Å². The number of aromatic nitrogens is 2.